The minimum atomic E-state index is -0.705. The van der Waals surface area contributed by atoms with Crippen LogP contribution in [-0.2, 0) is 6.42 Å². The van der Waals surface area contributed by atoms with Crippen molar-refractivity contribution >= 4 is 16.9 Å². The number of benzene rings is 1. The Bertz CT molecular complexity index is 830. The molecule has 1 aromatic carbocycles. The van der Waals surface area contributed by atoms with Crippen LogP contribution in [0.2, 0.25) is 0 Å². The molecule has 0 unspecified atom stereocenters. The molecule has 3 aromatic rings. The summed E-state index contributed by atoms with van der Waals surface area (Å²) in [5, 5.41) is 2.66. The Labute approximate surface area is 138 Å². The molecular weight excluding hydrogens is 311 g/mol. The van der Waals surface area contributed by atoms with Crippen molar-refractivity contribution in [1.82, 2.24) is 20.3 Å². The first-order valence-electron chi connectivity index (χ1n) is 7.58. The number of pyridine rings is 1. The molecule has 0 saturated heterocycles. The molecule has 0 spiro atoms. The number of fused-ring (bicyclic) bond motifs is 1. The lowest BCUT2D eigenvalue weighted by molar-refractivity contribution is 0.0943. The average molecular weight is 328 g/mol. The number of para-hydroxylation sites is 2. The Morgan fingerprint density at radius 2 is 2.21 bits per heavy atom. The Hall–Kier alpha value is -2.96. The summed E-state index contributed by atoms with van der Waals surface area (Å²) in [6, 6.07) is 8.92. The molecule has 2 N–H and O–H groups in total. The van der Waals surface area contributed by atoms with Gasteiger partial charge in [-0.25, -0.2) is 14.4 Å². The second-order valence-electron chi connectivity index (χ2n) is 5.27. The molecule has 7 heteroatoms. The fourth-order valence-electron chi connectivity index (χ4n) is 2.36. The van der Waals surface area contributed by atoms with E-state index in [-0.39, 0.29) is 11.4 Å². The third kappa shape index (κ3) is 3.51. The summed E-state index contributed by atoms with van der Waals surface area (Å²) in [5.74, 6) is -0.114. The normalized spacial score (nSPS) is 10.8. The van der Waals surface area contributed by atoms with E-state index in [0.29, 0.717) is 19.4 Å². The molecule has 1 amide bonds. The molecule has 0 fully saturated rings. The van der Waals surface area contributed by atoms with E-state index in [0.717, 1.165) is 22.9 Å². The Morgan fingerprint density at radius 3 is 2.96 bits per heavy atom. The highest BCUT2D eigenvalue weighted by atomic mass is 19.1. The van der Waals surface area contributed by atoms with Crippen LogP contribution in [0.3, 0.4) is 0 Å². The third-order valence-electron chi connectivity index (χ3n) is 3.58. The highest BCUT2D eigenvalue weighted by molar-refractivity contribution is 5.92. The highest BCUT2D eigenvalue weighted by Crippen LogP contribution is 2.13. The van der Waals surface area contributed by atoms with Gasteiger partial charge >= 0.3 is 0 Å². The molecule has 3 rings (SSSR count). The summed E-state index contributed by atoms with van der Waals surface area (Å²) in [5.41, 5.74) is 1.67. The number of hydrogen-bond acceptors (Lipinski definition) is 4. The SMILES string of the molecule is COc1cnc(C(=O)NCCCc2nc3ccccc3[nH]2)c(F)c1. The summed E-state index contributed by atoms with van der Waals surface area (Å²) >= 11 is 0. The highest BCUT2D eigenvalue weighted by Gasteiger charge is 2.14. The summed E-state index contributed by atoms with van der Waals surface area (Å²) in [7, 11) is 1.41. The van der Waals surface area contributed by atoms with Gasteiger partial charge in [-0.05, 0) is 18.6 Å². The number of nitrogens with zero attached hydrogens (tertiary/aromatic N) is 2. The van der Waals surface area contributed by atoms with Gasteiger partial charge in [-0.1, -0.05) is 12.1 Å². The minimum absolute atomic E-state index is 0.237. The summed E-state index contributed by atoms with van der Waals surface area (Å²) in [4.78, 5) is 23.4. The fraction of sp³-hybridized carbons (Fsp3) is 0.235. The maximum atomic E-state index is 13.8. The number of ether oxygens (including phenoxy) is 1. The third-order valence-corrected chi connectivity index (χ3v) is 3.58. The molecular formula is C17H17FN4O2. The van der Waals surface area contributed by atoms with Crippen molar-refractivity contribution in [3.8, 4) is 5.75 Å². The van der Waals surface area contributed by atoms with Gasteiger partial charge in [0, 0.05) is 19.0 Å². The van der Waals surface area contributed by atoms with E-state index in [1.54, 1.807) is 0 Å². The molecule has 2 heterocycles. The predicted molar refractivity (Wildman–Crippen MR) is 87.5 cm³/mol. The summed E-state index contributed by atoms with van der Waals surface area (Å²) < 4.78 is 18.6. The topological polar surface area (TPSA) is 79.9 Å². The van der Waals surface area contributed by atoms with Gasteiger partial charge in [0.1, 0.15) is 11.6 Å². The molecule has 124 valence electrons. The van der Waals surface area contributed by atoms with Crippen LogP contribution in [0.15, 0.2) is 36.5 Å². The smallest absolute Gasteiger partial charge is 0.272 e. The number of amides is 1. The zero-order valence-corrected chi connectivity index (χ0v) is 13.2. The van der Waals surface area contributed by atoms with Crippen molar-refractivity contribution in [2.45, 2.75) is 12.8 Å². The van der Waals surface area contributed by atoms with Crippen molar-refractivity contribution in [2.75, 3.05) is 13.7 Å². The van der Waals surface area contributed by atoms with Crippen molar-refractivity contribution in [1.29, 1.82) is 0 Å². The van der Waals surface area contributed by atoms with Crippen LogP contribution in [0.1, 0.15) is 22.7 Å². The molecule has 2 aromatic heterocycles. The van der Waals surface area contributed by atoms with Gasteiger partial charge in [0.05, 0.1) is 24.3 Å². The monoisotopic (exact) mass is 328 g/mol. The van der Waals surface area contributed by atoms with E-state index in [9.17, 15) is 9.18 Å². The van der Waals surface area contributed by atoms with E-state index in [1.165, 1.54) is 13.3 Å². The van der Waals surface area contributed by atoms with E-state index < -0.39 is 11.7 Å². The van der Waals surface area contributed by atoms with Gasteiger partial charge in [-0.3, -0.25) is 4.79 Å². The van der Waals surface area contributed by atoms with Gasteiger partial charge in [-0.15, -0.1) is 0 Å². The van der Waals surface area contributed by atoms with Gasteiger partial charge in [0.25, 0.3) is 5.91 Å². The first-order valence-corrected chi connectivity index (χ1v) is 7.58. The van der Waals surface area contributed by atoms with Crippen LogP contribution in [0, 0.1) is 5.82 Å². The van der Waals surface area contributed by atoms with E-state index >= 15 is 0 Å². The molecule has 0 bridgehead atoms. The van der Waals surface area contributed by atoms with E-state index in [4.69, 9.17) is 4.74 Å². The largest absolute Gasteiger partial charge is 0.495 e. The van der Waals surface area contributed by atoms with Crippen LogP contribution < -0.4 is 10.1 Å². The van der Waals surface area contributed by atoms with Crippen LogP contribution in [0.4, 0.5) is 4.39 Å². The number of carbonyl (C=O) groups is 1. The van der Waals surface area contributed by atoms with Gasteiger partial charge in [0.2, 0.25) is 0 Å². The van der Waals surface area contributed by atoms with Crippen LogP contribution in [-0.4, -0.2) is 34.5 Å². The first-order chi connectivity index (χ1) is 11.7. The number of H-pyrrole nitrogens is 1. The number of aryl methyl sites for hydroxylation is 1. The molecule has 0 radical (unpaired) electrons. The average Bonchev–Trinajstić information content (AvgIpc) is 3.01. The second kappa shape index (κ2) is 7.08. The Kier molecular flexibility index (Phi) is 4.69. The fourth-order valence-corrected chi connectivity index (χ4v) is 2.36. The van der Waals surface area contributed by atoms with Gasteiger partial charge in [0.15, 0.2) is 11.5 Å². The summed E-state index contributed by atoms with van der Waals surface area (Å²) in [6.07, 6.45) is 2.68. The molecule has 24 heavy (non-hydrogen) atoms. The van der Waals surface area contributed by atoms with Crippen LogP contribution >= 0.6 is 0 Å². The zero-order valence-electron chi connectivity index (χ0n) is 13.2. The number of aromatic nitrogens is 3. The molecule has 0 aliphatic rings. The molecule has 0 aliphatic heterocycles. The van der Waals surface area contributed by atoms with E-state index in [1.807, 2.05) is 24.3 Å². The van der Waals surface area contributed by atoms with Crippen LogP contribution in [0.25, 0.3) is 11.0 Å². The van der Waals surface area contributed by atoms with E-state index in [2.05, 4.69) is 20.3 Å². The van der Waals surface area contributed by atoms with Crippen molar-refractivity contribution < 1.29 is 13.9 Å². The quantitative estimate of drug-likeness (QED) is 0.681. The molecule has 6 nitrogen and oxygen atoms in total. The number of halogens is 1. The Morgan fingerprint density at radius 1 is 1.38 bits per heavy atom. The molecule has 0 aliphatic carbocycles. The van der Waals surface area contributed by atoms with Crippen LogP contribution in [0.5, 0.6) is 5.75 Å². The predicted octanol–water partition coefficient (Wildman–Crippen LogP) is 2.47. The molecule has 0 saturated carbocycles. The molecule has 0 atom stereocenters. The first kappa shape index (κ1) is 15.9. The van der Waals surface area contributed by atoms with Crippen molar-refractivity contribution in [3.63, 3.8) is 0 Å². The number of nitrogens with one attached hydrogen (secondary N) is 2. The minimum Gasteiger partial charge on any atom is -0.495 e. The number of hydrogen-bond donors (Lipinski definition) is 2. The zero-order chi connectivity index (χ0) is 16.9. The Balaban J connectivity index is 1.51. The van der Waals surface area contributed by atoms with Crippen molar-refractivity contribution in [3.05, 3.63) is 53.9 Å². The lowest BCUT2D eigenvalue weighted by atomic mass is 10.2. The number of carbonyl (C=O) groups excluding carboxylic acids is 1. The maximum Gasteiger partial charge on any atom is 0.272 e. The summed E-state index contributed by atoms with van der Waals surface area (Å²) in [6.45, 7) is 0.406. The van der Waals surface area contributed by atoms with Gasteiger partial charge < -0.3 is 15.0 Å². The number of imidazole rings is 1. The lowest BCUT2D eigenvalue weighted by Crippen LogP contribution is -2.26. The second-order valence-corrected chi connectivity index (χ2v) is 5.27. The number of methoxy groups -OCH3 is 1. The maximum absolute atomic E-state index is 13.8. The van der Waals surface area contributed by atoms with Crippen molar-refractivity contribution in [2.24, 2.45) is 0 Å². The number of aromatic amines is 1. The van der Waals surface area contributed by atoms with Gasteiger partial charge in [-0.2, -0.15) is 0 Å². The number of rotatable bonds is 6. The lowest BCUT2D eigenvalue weighted by Gasteiger charge is -2.06. The standard InChI is InChI=1S/C17H17FN4O2/c1-24-11-9-12(18)16(20-10-11)17(23)19-8-4-7-15-21-13-5-2-3-6-14(13)22-15/h2-3,5-6,9-10H,4,7-8H2,1H3,(H,19,23)(H,21,22).